The summed E-state index contributed by atoms with van der Waals surface area (Å²) < 4.78 is 70.2. The summed E-state index contributed by atoms with van der Waals surface area (Å²) in [6.45, 7) is 4.30. The predicted molar refractivity (Wildman–Crippen MR) is 107 cm³/mol. The molecule has 0 atom stereocenters. The minimum absolute atomic E-state index is 1.25. The summed E-state index contributed by atoms with van der Waals surface area (Å²) in [6.07, 6.45) is 6.07. The van der Waals surface area contributed by atoms with Crippen molar-refractivity contribution in [2.75, 3.05) is 0 Å². The lowest BCUT2D eigenvalue weighted by molar-refractivity contribution is -2.00. The first-order valence-corrected chi connectivity index (χ1v) is 12.6. The maximum absolute atomic E-state index is 8.49. The highest BCUT2D eigenvalue weighted by Crippen LogP contribution is 2.17. The molecule has 3 heterocycles. The number of nitrogens with zero attached hydrogens (tertiary/aromatic N) is 1. The fourth-order valence-corrected chi connectivity index (χ4v) is 3.42. The number of halogens is 2. The smallest absolute Gasteiger partial charge is 0.218 e. The molecule has 2 aromatic carbocycles. The highest BCUT2D eigenvalue weighted by atomic mass is 35.7. The quantitative estimate of drug-likeness (QED) is 0.138. The van der Waals surface area contributed by atoms with E-state index in [-0.39, 0.29) is 0 Å². The Kier molecular flexibility index (Phi) is 10.4. The van der Waals surface area contributed by atoms with Gasteiger partial charge in [0.2, 0.25) is 5.52 Å². The number of aryl methyl sites for hydroxylation is 2. The molecule has 10 nitrogen and oxygen atoms in total. The van der Waals surface area contributed by atoms with E-state index in [1.165, 1.54) is 38.3 Å². The van der Waals surface area contributed by atoms with E-state index in [1.807, 2.05) is 24.5 Å². The van der Waals surface area contributed by atoms with Crippen LogP contribution in [0.5, 0.6) is 0 Å². The van der Waals surface area contributed by atoms with E-state index in [2.05, 4.69) is 90.1 Å². The van der Waals surface area contributed by atoms with Crippen molar-refractivity contribution in [2.45, 2.75) is 13.8 Å². The molecule has 0 radical (unpaired) electrons. The van der Waals surface area contributed by atoms with E-state index in [1.54, 1.807) is 0 Å². The number of hydrogen-bond donors (Lipinski definition) is 0. The molecule has 12 heteroatoms. The van der Waals surface area contributed by atoms with Gasteiger partial charge < -0.3 is 0 Å². The summed E-state index contributed by atoms with van der Waals surface area (Å²) in [6, 6.07) is 25.5. The third-order valence-corrected chi connectivity index (χ3v) is 4.67. The number of nitrogens with one attached hydrogen (secondary N) is 1. The van der Waals surface area contributed by atoms with Gasteiger partial charge in [-0.15, -0.1) is 20.5 Å². The van der Waals surface area contributed by atoms with Crippen molar-refractivity contribution in [1.82, 2.24) is 0 Å². The number of pyridine rings is 3. The minimum Gasteiger partial charge on any atom is -0.222 e. The molecule has 0 unspecified atom stereocenters. The zero-order valence-electron chi connectivity index (χ0n) is 19.1. The first kappa shape index (κ1) is 29.2. The zero-order valence-corrected chi connectivity index (χ0v) is 20.6. The Morgan fingerprint density at radius 3 is 1.75 bits per heavy atom. The lowest BCUT2D eigenvalue weighted by atomic mass is 10.1. The molecule has 0 aliphatic carbocycles. The molecule has 36 heavy (non-hydrogen) atoms. The van der Waals surface area contributed by atoms with Gasteiger partial charge in [-0.3, -0.25) is 0 Å². The van der Waals surface area contributed by atoms with Crippen molar-refractivity contribution in [3.63, 3.8) is 0 Å². The van der Waals surface area contributed by atoms with Gasteiger partial charge in [-0.05, 0) is 35.4 Å². The van der Waals surface area contributed by atoms with Gasteiger partial charge in [0.1, 0.15) is 0 Å². The Morgan fingerprint density at radius 1 is 0.639 bits per heavy atom. The number of rotatable bonds is 0. The van der Waals surface area contributed by atoms with E-state index >= 15 is 0 Å². The molecule has 5 aromatic rings. The van der Waals surface area contributed by atoms with Crippen molar-refractivity contribution in [2.24, 2.45) is 0 Å². The molecular formula is C24H22Cl2N2O8. The van der Waals surface area contributed by atoms with Gasteiger partial charge in [-0.2, -0.15) is 4.40 Å². The van der Waals surface area contributed by atoms with Crippen LogP contribution in [-0.2, 0) is 0 Å². The van der Waals surface area contributed by atoms with Gasteiger partial charge in [0.05, 0.1) is 5.39 Å². The van der Waals surface area contributed by atoms with E-state index in [4.69, 9.17) is 37.3 Å². The van der Waals surface area contributed by atoms with Gasteiger partial charge in [-0.25, -0.2) is 42.3 Å². The standard InChI is InChI=1S/C15H14N.C9H7N.2ClHO4/c1-11-9-12(2)16-8-7-13-5-3-4-6-14(13)15(16)10-11;1-2-4-9-7-10-6-5-8(9)3-1;2*2-1(3,4)5/h3-10H,1-2H3;1-7H;2*(H,2,3,4,5)/q+1;;;/p-1. The van der Waals surface area contributed by atoms with Gasteiger partial charge in [0, 0.05) is 36.6 Å². The van der Waals surface area contributed by atoms with Gasteiger partial charge in [0.15, 0.2) is 24.3 Å². The first-order valence-electron chi connectivity index (χ1n) is 10.1. The first-order chi connectivity index (χ1) is 16.7. The fourth-order valence-electron chi connectivity index (χ4n) is 3.42. The molecule has 0 spiro atoms. The van der Waals surface area contributed by atoms with Gasteiger partial charge in [-0.1, -0.05) is 36.4 Å². The van der Waals surface area contributed by atoms with Crippen LogP contribution in [0.15, 0.2) is 91.4 Å². The summed E-state index contributed by atoms with van der Waals surface area (Å²) in [7, 11) is -9.89. The molecule has 0 bridgehead atoms. The number of aromatic nitrogens is 2. The molecule has 0 amide bonds. The number of fused-ring (bicyclic) bond motifs is 4. The molecular weight excluding hydrogens is 515 g/mol. The second kappa shape index (κ2) is 12.8. The average Bonchev–Trinajstić information content (AvgIpc) is 2.77. The summed E-state index contributed by atoms with van der Waals surface area (Å²) >= 11 is 0. The van der Waals surface area contributed by atoms with E-state index in [0.717, 1.165) is 0 Å². The molecule has 0 aliphatic rings. The van der Waals surface area contributed by atoms with E-state index < -0.39 is 20.5 Å². The number of H-pyrrole nitrogens is 1. The average molecular weight is 537 g/mol. The molecule has 0 aliphatic heterocycles. The van der Waals surface area contributed by atoms with Crippen molar-refractivity contribution < 1.29 is 67.1 Å². The molecule has 5 rings (SSSR count). The highest BCUT2D eigenvalue weighted by molar-refractivity contribution is 5.93. The lowest BCUT2D eigenvalue weighted by Crippen LogP contribution is -2.68. The van der Waals surface area contributed by atoms with Crippen LogP contribution in [0.4, 0.5) is 0 Å². The molecule has 190 valence electrons. The van der Waals surface area contributed by atoms with Crippen LogP contribution < -0.4 is 46.7 Å². The summed E-state index contributed by atoms with van der Waals surface area (Å²) in [5.74, 6) is 0. The summed E-state index contributed by atoms with van der Waals surface area (Å²) in [5.41, 5.74) is 3.88. The van der Waals surface area contributed by atoms with Crippen LogP contribution >= 0.6 is 0 Å². The number of aromatic amines is 1. The highest BCUT2D eigenvalue weighted by Gasteiger charge is 2.10. The fraction of sp³-hybridized carbons (Fsp3) is 0.0833. The zero-order chi connectivity index (χ0) is 26.9. The van der Waals surface area contributed by atoms with E-state index in [9.17, 15) is 0 Å². The molecule has 3 aromatic heterocycles. The molecule has 0 saturated heterocycles. The molecule has 1 N–H and O–H groups in total. The van der Waals surface area contributed by atoms with Crippen LogP contribution in [-0.4, -0.2) is 0 Å². The monoisotopic (exact) mass is 536 g/mol. The maximum Gasteiger partial charge on any atom is 0.218 e. The van der Waals surface area contributed by atoms with E-state index in [0.29, 0.717) is 0 Å². The van der Waals surface area contributed by atoms with Crippen molar-refractivity contribution in [3.8, 4) is 0 Å². The second-order valence-corrected chi connectivity index (χ2v) is 8.87. The Hall–Kier alpha value is -3.00. The van der Waals surface area contributed by atoms with Crippen molar-refractivity contribution >= 4 is 27.1 Å². The molecule has 0 fully saturated rings. The normalized spacial score (nSPS) is 11.1. The maximum atomic E-state index is 8.49. The van der Waals surface area contributed by atoms with Gasteiger partial charge in [0.25, 0.3) is 0 Å². The third kappa shape index (κ3) is 10.7. The van der Waals surface area contributed by atoms with Crippen molar-refractivity contribution in [1.29, 1.82) is 0 Å². The van der Waals surface area contributed by atoms with Gasteiger partial charge >= 0.3 is 0 Å². The number of hydrogen-bond acceptors (Lipinski definition) is 8. The third-order valence-electron chi connectivity index (χ3n) is 4.67. The molecule has 0 saturated carbocycles. The Labute approximate surface area is 210 Å². The van der Waals surface area contributed by atoms with Crippen LogP contribution in [0.1, 0.15) is 11.3 Å². The van der Waals surface area contributed by atoms with Crippen LogP contribution in [0.2, 0.25) is 0 Å². The van der Waals surface area contributed by atoms with Crippen molar-refractivity contribution in [3.05, 3.63) is 103 Å². The number of benzene rings is 2. The Bertz CT molecular complexity index is 1330. The predicted octanol–water partition coefficient (Wildman–Crippen LogP) is -4.66. The summed E-state index contributed by atoms with van der Waals surface area (Å²) in [4.78, 5) is 3.04. The lowest BCUT2D eigenvalue weighted by Gasteiger charge is -2.17. The minimum atomic E-state index is -4.94. The van der Waals surface area contributed by atoms with Crippen LogP contribution in [0, 0.1) is 34.3 Å². The van der Waals surface area contributed by atoms with Crippen LogP contribution in [0.3, 0.4) is 0 Å². The SMILES string of the molecule is Cc1cc(C)[n+]2ccc3ccccc3c2c1.[O-][Cl+3]([O-])([O-])[O-].[O-][Cl+3]([O-])([O-])[O-].c1ccc2c[nH+]ccc2c1. The Morgan fingerprint density at radius 2 is 1.17 bits per heavy atom. The second-order valence-electron chi connectivity index (χ2n) is 7.36. The summed E-state index contributed by atoms with van der Waals surface area (Å²) in [5, 5.41) is 5.15. The topological polar surface area (TPSA) is 203 Å². The van der Waals surface area contributed by atoms with Crippen LogP contribution in [0.25, 0.3) is 27.1 Å². The Balaban J connectivity index is 0.000000195. The largest absolute Gasteiger partial charge is 0.222 e.